The fourth-order valence-electron chi connectivity index (χ4n) is 5.16. The average molecular weight is 498 g/mol. The molecule has 190 valence electrons. The number of nitrogens with one attached hydrogen (secondary N) is 2. The van der Waals surface area contributed by atoms with Gasteiger partial charge in [0.25, 0.3) is 5.91 Å². The first-order valence-corrected chi connectivity index (χ1v) is 12.8. The third-order valence-electron chi connectivity index (χ3n) is 7.54. The fraction of sp³-hybridized carbons (Fsp3) is 0.345. The van der Waals surface area contributed by atoms with Crippen LogP contribution < -0.4 is 10.1 Å². The Morgan fingerprint density at radius 3 is 2.81 bits per heavy atom. The Morgan fingerprint density at radius 2 is 2.00 bits per heavy atom. The zero-order valence-electron chi connectivity index (χ0n) is 21.0. The van der Waals surface area contributed by atoms with E-state index in [1.165, 1.54) is 11.1 Å². The lowest BCUT2D eigenvalue weighted by Crippen LogP contribution is -2.49. The van der Waals surface area contributed by atoms with Gasteiger partial charge in [-0.1, -0.05) is 30.8 Å². The molecule has 0 atom stereocenters. The van der Waals surface area contributed by atoms with Crippen molar-refractivity contribution in [3.8, 4) is 17.0 Å². The maximum Gasteiger partial charge on any atom is 0.255 e. The van der Waals surface area contributed by atoms with E-state index in [2.05, 4.69) is 50.2 Å². The first-order valence-electron chi connectivity index (χ1n) is 12.8. The van der Waals surface area contributed by atoms with Crippen LogP contribution >= 0.6 is 0 Å². The molecule has 0 bridgehead atoms. The fourth-order valence-corrected chi connectivity index (χ4v) is 5.16. The molecule has 4 heterocycles. The first kappa shape index (κ1) is 23.6. The number of aromatic nitrogens is 2. The summed E-state index contributed by atoms with van der Waals surface area (Å²) >= 11 is 0. The van der Waals surface area contributed by atoms with Gasteiger partial charge in [-0.05, 0) is 54.2 Å². The Labute approximate surface area is 216 Å². The van der Waals surface area contributed by atoms with Crippen molar-refractivity contribution in [1.29, 1.82) is 0 Å². The van der Waals surface area contributed by atoms with E-state index < -0.39 is 0 Å². The molecule has 37 heavy (non-hydrogen) atoms. The van der Waals surface area contributed by atoms with Crippen molar-refractivity contribution in [1.82, 2.24) is 20.4 Å². The number of ether oxygens (including phenoxy) is 2. The van der Waals surface area contributed by atoms with Crippen LogP contribution in [0.3, 0.4) is 0 Å². The van der Waals surface area contributed by atoms with E-state index in [0.29, 0.717) is 36.3 Å². The van der Waals surface area contributed by atoms with Crippen molar-refractivity contribution in [3.63, 3.8) is 0 Å². The predicted molar refractivity (Wildman–Crippen MR) is 144 cm³/mol. The van der Waals surface area contributed by atoms with Gasteiger partial charge in [0.2, 0.25) is 0 Å². The second-order valence-corrected chi connectivity index (χ2v) is 9.86. The average Bonchev–Trinajstić information content (AvgIpc) is 3.01. The predicted octanol–water partition coefficient (Wildman–Crippen LogP) is 3.72. The van der Waals surface area contributed by atoms with Crippen LogP contribution in [0, 0.1) is 6.92 Å². The topological polar surface area (TPSA) is 91.8 Å². The summed E-state index contributed by atoms with van der Waals surface area (Å²) < 4.78 is 11.2. The monoisotopic (exact) mass is 497 g/mol. The lowest BCUT2D eigenvalue weighted by molar-refractivity contribution is -0.0634. The molecule has 0 saturated carbocycles. The molecule has 3 aliphatic rings. The van der Waals surface area contributed by atoms with Crippen molar-refractivity contribution in [2.75, 3.05) is 39.5 Å². The maximum atomic E-state index is 12.2. The Balaban J connectivity index is 1.17. The van der Waals surface area contributed by atoms with Crippen LogP contribution in [-0.2, 0) is 17.6 Å². The van der Waals surface area contributed by atoms with Gasteiger partial charge in [0.05, 0.1) is 37.1 Å². The number of rotatable bonds is 5. The summed E-state index contributed by atoms with van der Waals surface area (Å²) in [4.78, 5) is 19.4. The van der Waals surface area contributed by atoms with Crippen molar-refractivity contribution < 1.29 is 14.3 Å². The smallest absolute Gasteiger partial charge is 0.255 e. The zero-order valence-corrected chi connectivity index (χ0v) is 21.0. The number of nitrogens with zero attached hydrogens (tertiary/aromatic N) is 3. The minimum atomic E-state index is -0.118. The number of aromatic amines is 1. The van der Waals surface area contributed by atoms with Gasteiger partial charge in [-0.25, -0.2) is 4.99 Å². The minimum Gasteiger partial charge on any atom is -0.491 e. The largest absolute Gasteiger partial charge is 0.491 e. The quantitative estimate of drug-likeness (QED) is 0.525. The maximum absolute atomic E-state index is 12.2. The number of amides is 1. The van der Waals surface area contributed by atoms with E-state index in [1.54, 1.807) is 12.3 Å². The molecule has 1 amide bonds. The van der Waals surface area contributed by atoms with Crippen molar-refractivity contribution in [2.45, 2.75) is 25.8 Å². The molecule has 1 aromatic heterocycles. The van der Waals surface area contributed by atoms with E-state index in [1.807, 2.05) is 19.1 Å². The minimum absolute atomic E-state index is 0.118. The number of hydrogen-bond acceptors (Lipinski definition) is 6. The molecule has 1 saturated heterocycles. The van der Waals surface area contributed by atoms with Gasteiger partial charge in [-0.15, -0.1) is 0 Å². The summed E-state index contributed by atoms with van der Waals surface area (Å²) in [5.41, 5.74) is 7.95. The van der Waals surface area contributed by atoms with Crippen LogP contribution in [0.25, 0.3) is 16.8 Å². The summed E-state index contributed by atoms with van der Waals surface area (Å²) in [6, 6.07) is 12.8. The van der Waals surface area contributed by atoms with Gasteiger partial charge in [-0.2, -0.15) is 5.10 Å². The van der Waals surface area contributed by atoms with Gasteiger partial charge in [-0.3, -0.25) is 14.8 Å². The summed E-state index contributed by atoms with van der Waals surface area (Å²) in [5, 5.41) is 10.3. The first-order chi connectivity index (χ1) is 18.1. The Morgan fingerprint density at radius 1 is 1.16 bits per heavy atom. The second kappa shape index (κ2) is 9.95. The standard InChI is InChI=1S/C29H31N5O3/c1-18(21-4-3-20-7-10-34(24-16-36-17-24)11-8-22(20)13-21)15-31-28-19(2)27(32-33-28)23-5-6-25-26(14-23)37-12-9-30-29(25)35/h3-6,13-15,24H,1,7-12,16-17H2,2H3,(H,30,35)(H,32,33). The third kappa shape index (κ3) is 4.70. The molecule has 0 spiro atoms. The van der Waals surface area contributed by atoms with Crippen LogP contribution in [0.5, 0.6) is 5.75 Å². The molecular formula is C29H31N5O3. The SMILES string of the molecule is C=C(C=Nc1n[nH]c(-c2ccc3c(c2)OCCNC3=O)c1C)c1ccc2c(c1)CCN(C1COC1)CC2. The normalized spacial score (nSPS) is 18.2. The summed E-state index contributed by atoms with van der Waals surface area (Å²) in [6.45, 7) is 11.1. The van der Waals surface area contributed by atoms with Gasteiger partial charge < -0.3 is 14.8 Å². The molecule has 3 aromatic rings. The Bertz CT molecular complexity index is 1390. The molecule has 0 aliphatic carbocycles. The highest BCUT2D eigenvalue weighted by Crippen LogP contribution is 2.32. The van der Waals surface area contributed by atoms with Gasteiger partial charge in [0.1, 0.15) is 12.4 Å². The molecule has 8 nitrogen and oxygen atoms in total. The van der Waals surface area contributed by atoms with Crippen LogP contribution in [0.15, 0.2) is 48.0 Å². The van der Waals surface area contributed by atoms with E-state index in [9.17, 15) is 4.79 Å². The highest BCUT2D eigenvalue weighted by atomic mass is 16.5. The lowest BCUT2D eigenvalue weighted by Gasteiger charge is -2.36. The van der Waals surface area contributed by atoms with Gasteiger partial charge in [0.15, 0.2) is 5.82 Å². The number of benzene rings is 2. The number of hydrogen-bond donors (Lipinski definition) is 2. The van der Waals surface area contributed by atoms with Crippen LogP contribution in [-0.4, -0.2) is 72.7 Å². The zero-order chi connectivity index (χ0) is 25.4. The Hall–Kier alpha value is -3.75. The van der Waals surface area contributed by atoms with Crippen molar-refractivity contribution in [3.05, 3.63) is 70.8 Å². The number of allylic oxidation sites excluding steroid dienone is 1. The van der Waals surface area contributed by atoms with E-state index in [0.717, 1.165) is 67.1 Å². The molecule has 0 unspecified atom stereocenters. The van der Waals surface area contributed by atoms with Gasteiger partial charge >= 0.3 is 0 Å². The molecule has 3 aliphatic heterocycles. The number of carbonyl (C=O) groups is 1. The van der Waals surface area contributed by atoms with E-state index in [-0.39, 0.29) is 5.91 Å². The van der Waals surface area contributed by atoms with E-state index in [4.69, 9.17) is 9.47 Å². The number of H-pyrrole nitrogens is 1. The Kier molecular flexibility index (Phi) is 6.36. The second-order valence-electron chi connectivity index (χ2n) is 9.86. The molecule has 6 rings (SSSR count). The number of aliphatic imine (C=N–C) groups is 1. The van der Waals surface area contributed by atoms with Crippen LogP contribution in [0.1, 0.15) is 32.6 Å². The number of fused-ring (bicyclic) bond motifs is 2. The molecule has 0 radical (unpaired) electrons. The molecule has 2 N–H and O–H groups in total. The third-order valence-corrected chi connectivity index (χ3v) is 7.54. The highest BCUT2D eigenvalue weighted by molar-refractivity contribution is 6.09. The van der Waals surface area contributed by atoms with Gasteiger partial charge in [0, 0.05) is 30.4 Å². The van der Waals surface area contributed by atoms with Crippen molar-refractivity contribution in [2.24, 2.45) is 4.99 Å². The van der Waals surface area contributed by atoms with Crippen LogP contribution in [0.4, 0.5) is 5.82 Å². The number of carbonyl (C=O) groups excluding carboxylic acids is 1. The summed E-state index contributed by atoms with van der Waals surface area (Å²) in [7, 11) is 0. The lowest BCUT2D eigenvalue weighted by atomic mass is 9.97. The van der Waals surface area contributed by atoms with Crippen molar-refractivity contribution >= 4 is 23.5 Å². The highest BCUT2D eigenvalue weighted by Gasteiger charge is 2.27. The summed E-state index contributed by atoms with van der Waals surface area (Å²) in [5.74, 6) is 1.07. The van der Waals surface area contributed by atoms with Crippen LogP contribution in [0.2, 0.25) is 0 Å². The molecule has 1 fully saturated rings. The molecule has 2 aromatic carbocycles. The molecular weight excluding hydrogens is 466 g/mol. The van der Waals surface area contributed by atoms with E-state index >= 15 is 0 Å². The summed E-state index contributed by atoms with van der Waals surface area (Å²) in [6.07, 6.45) is 3.90. The molecule has 8 heteroatoms.